The molecule has 13 heteroatoms. The normalized spacial score (nSPS) is 17.6. The van der Waals surface area contributed by atoms with Crippen molar-refractivity contribution in [1.29, 1.82) is 0 Å². The number of anilines is 1. The molecule has 1 atom stereocenters. The number of hydrogen-bond acceptors (Lipinski definition) is 6. The van der Waals surface area contributed by atoms with Crippen LogP contribution in [0.3, 0.4) is 0 Å². The molecule has 39 heavy (non-hydrogen) atoms. The topological polar surface area (TPSA) is 101 Å². The summed E-state index contributed by atoms with van der Waals surface area (Å²) in [6, 6.07) is 7.57. The molecule has 0 aliphatic carbocycles. The van der Waals surface area contributed by atoms with Gasteiger partial charge in [-0.2, -0.15) is 13.2 Å². The Bertz CT molecular complexity index is 1640. The summed E-state index contributed by atoms with van der Waals surface area (Å²) < 4.78 is 43.9. The molecule has 2 fully saturated rings. The predicted octanol–water partition coefficient (Wildman–Crippen LogP) is 2.78. The molecule has 202 valence electrons. The number of aromatic nitrogens is 5. The van der Waals surface area contributed by atoms with Gasteiger partial charge in [0.05, 0.1) is 34.7 Å². The molecule has 2 aliphatic heterocycles. The largest absolute Gasteiger partial charge is 0.418 e. The molecular formula is C26H25F3N8O2. The number of carbonyl (C=O) groups excluding carboxylic acids is 1. The summed E-state index contributed by atoms with van der Waals surface area (Å²) in [6.45, 7) is 3.84. The van der Waals surface area contributed by atoms with Gasteiger partial charge in [0.2, 0.25) is 5.95 Å². The van der Waals surface area contributed by atoms with Gasteiger partial charge in [-0.1, -0.05) is 6.07 Å². The van der Waals surface area contributed by atoms with Gasteiger partial charge in [-0.05, 0) is 36.8 Å². The average Bonchev–Trinajstić information content (AvgIpc) is 3.40. The quantitative estimate of drug-likeness (QED) is 0.429. The molecular weight excluding hydrogens is 513 g/mol. The van der Waals surface area contributed by atoms with Crippen LogP contribution in [0.1, 0.15) is 17.0 Å². The van der Waals surface area contributed by atoms with Crippen LogP contribution >= 0.6 is 0 Å². The van der Waals surface area contributed by atoms with Crippen molar-refractivity contribution in [2.45, 2.75) is 25.7 Å². The Labute approximate surface area is 220 Å². The number of amides is 2. The summed E-state index contributed by atoms with van der Waals surface area (Å²) in [6.07, 6.45) is -1.20. The van der Waals surface area contributed by atoms with Crippen molar-refractivity contribution < 1.29 is 18.0 Å². The molecule has 6 rings (SSSR count). The number of urea groups is 1. The van der Waals surface area contributed by atoms with Crippen molar-refractivity contribution in [3.63, 3.8) is 0 Å². The van der Waals surface area contributed by atoms with Crippen LogP contribution in [0.2, 0.25) is 0 Å². The van der Waals surface area contributed by atoms with E-state index < -0.39 is 11.7 Å². The third-order valence-corrected chi connectivity index (χ3v) is 7.37. The van der Waals surface area contributed by atoms with Crippen molar-refractivity contribution in [2.24, 2.45) is 7.05 Å². The van der Waals surface area contributed by atoms with Crippen LogP contribution in [0, 0.1) is 6.92 Å². The first kappa shape index (κ1) is 24.9. The Hall–Kier alpha value is -4.42. The van der Waals surface area contributed by atoms with Gasteiger partial charge in [0.15, 0.2) is 0 Å². The van der Waals surface area contributed by atoms with E-state index in [4.69, 9.17) is 0 Å². The fraction of sp³-hybridized carbons (Fsp3) is 0.346. The number of hydrogen-bond donors (Lipinski definition) is 1. The number of nitrogens with one attached hydrogen (secondary N) is 1. The number of nitrogens with zero attached hydrogens (tertiary/aromatic N) is 7. The summed E-state index contributed by atoms with van der Waals surface area (Å²) in [4.78, 5) is 41.8. The van der Waals surface area contributed by atoms with E-state index in [0.717, 1.165) is 11.6 Å². The van der Waals surface area contributed by atoms with Crippen LogP contribution in [0.4, 0.5) is 23.9 Å². The molecule has 1 aromatic carbocycles. The van der Waals surface area contributed by atoms with E-state index in [1.165, 1.54) is 22.5 Å². The highest BCUT2D eigenvalue weighted by molar-refractivity contribution is 5.84. The van der Waals surface area contributed by atoms with E-state index >= 15 is 0 Å². The van der Waals surface area contributed by atoms with Gasteiger partial charge in [0.25, 0.3) is 5.56 Å². The van der Waals surface area contributed by atoms with E-state index in [0.29, 0.717) is 54.3 Å². The van der Waals surface area contributed by atoms with E-state index in [2.05, 4.69) is 20.3 Å². The Morgan fingerprint density at radius 2 is 1.82 bits per heavy atom. The number of pyridine rings is 1. The number of aryl methyl sites for hydroxylation is 1. The minimum atomic E-state index is -4.57. The zero-order chi connectivity index (χ0) is 27.5. The van der Waals surface area contributed by atoms with Crippen LogP contribution in [0.25, 0.3) is 22.0 Å². The van der Waals surface area contributed by atoms with Gasteiger partial charge in [-0.3, -0.25) is 19.1 Å². The minimum Gasteiger partial charge on any atom is -0.337 e. The molecule has 2 aliphatic rings. The fourth-order valence-electron chi connectivity index (χ4n) is 5.29. The summed E-state index contributed by atoms with van der Waals surface area (Å²) in [5, 5.41) is 3.24. The number of piperazine rings is 1. The highest BCUT2D eigenvalue weighted by Gasteiger charge is 2.36. The molecule has 0 spiro atoms. The van der Waals surface area contributed by atoms with Gasteiger partial charge >= 0.3 is 12.2 Å². The Morgan fingerprint density at radius 3 is 2.56 bits per heavy atom. The zero-order valence-electron chi connectivity index (χ0n) is 21.2. The van der Waals surface area contributed by atoms with Gasteiger partial charge in [0.1, 0.15) is 0 Å². The predicted molar refractivity (Wildman–Crippen MR) is 137 cm³/mol. The first-order chi connectivity index (χ1) is 18.6. The van der Waals surface area contributed by atoms with E-state index in [1.807, 2.05) is 9.80 Å². The third kappa shape index (κ3) is 4.37. The van der Waals surface area contributed by atoms with Crippen molar-refractivity contribution in [3.8, 4) is 11.1 Å². The summed E-state index contributed by atoms with van der Waals surface area (Å²) in [7, 11) is 1.52. The maximum atomic E-state index is 13.7. The number of fused-ring (bicyclic) bond motifs is 2. The van der Waals surface area contributed by atoms with Crippen LogP contribution in [0.5, 0.6) is 0 Å². The zero-order valence-corrected chi connectivity index (χ0v) is 21.2. The molecule has 0 bridgehead atoms. The molecule has 4 aromatic rings. The lowest BCUT2D eigenvalue weighted by atomic mass is 10.1. The molecule has 2 amide bonds. The first-order valence-electron chi connectivity index (χ1n) is 12.5. The SMILES string of the molecule is Cc1ccc(C(F)(F)F)c(Cn2c3cc(-c4cnc(N5CCN6C(=O)NC[C@H]6C5)nc4)ccc3c(=O)n2C)n1. The smallest absolute Gasteiger partial charge is 0.337 e. The van der Waals surface area contributed by atoms with E-state index in [9.17, 15) is 22.8 Å². The standard InChI is InChI=1S/C26H25F3N8O2/c1-15-3-6-20(26(27,28)29)21(33-15)14-37-22-9-16(4-5-19(22)23(38)34(37)2)17-10-30-24(31-11-17)35-7-8-36-18(13-35)12-32-25(36)39/h3-6,9-11,18H,7-8,12-14H2,1-2H3,(H,32,39)/t18-/m0/s1. The van der Waals surface area contributed by atoms with E-state index in [-0.39, 0.29) is 29.9 Å². The van der Waals surface area contributed by atoms with E-state index in [1.54, 1.807) is 37.5 Å². The summed E-state index contributed by atoms with van der Waals surface area (Å²) in [5.41, 5.74) is 1.04. The lowest BCUT2D eigenvalue weighted by Crippen LogP contribution is -2.52. The number of alkyl halides is 3. The number of benzene rings is 1. The Balaban J connectivity index is 1.32. The molecule has 0 radical (unpaired) electrons. The first-order valence-corrected chi connectivity index (χ1v) is 12.5. The monoisotopic (exact) mass is 538 g/mol. The highest BCUT2D eigenvalue weighted by atomic mass is 19.4. The van der Waals surface area contributed by atoms with Crippen LogP contribution in [0.15, 0.2) is 47.5 Å². The molecule has 2 saturated heterocycles. The Kier molecular flexibility index (Phi) is 5.81. The van der Waals surface area contributed by atoms with Gasteiger partial charge in [0, 0.05) is 56.9 Å². The van der Waals surface area contributed by atoms with Gasteiger partial charge in [-0.25, -0.2) is 14.8 Å². The number of halogens is 3. The highest BCUT2D eigenvalue weighted by Crippen LogP contribution is 2.32. The number of rotatable bonds is 4. The van der Waals surface area contributed by atoms with Crippen molar-refractivity contribution in [2.75, 3.05) is 31.1 Å². The molecule has 3 aromatic heterocycles. The average molecular weight is 539 g/mol. The molecule has 0 unspecified atom stereocenters. The second kappa shape index (κ2) is 9.10. The lowest BCUT2D eigenvalue weighted by Gasteiger charge is -2.36. The van der Waals surface area contributed by atoms with Crippen LogP contribution < -0.4 is 15.8 Å². The second-order valence-electron chi connectivity index (χ2n) is 9.81. The number of carbonyl (C=O) groups is 1. The summed E-state index contributed by atoms with van der Waals surface area (Å²) >= 11 is 0. The second-order valence-corrected chi connectivity index (χ2v) is 9.81. The summed E-state index contributed by atoms with van der Waals surface area (Å²) in [5.74, 6) is 0.556. The molecule has 1 N–H and O–H groups in total. The third-order valence-electron chi connectivity index (χ3n) is 7.37. The fourth-order valence-corrected chi connectivity index (χ4v) is 5.29. The van der Waals surface area contributed by atoms with Gasteiger partial charge in [-0.15, -0.1) is 0 Å². The lowest BCUT2D eigenvalue weighted by molar-refractivity contribution is -0.138. The molecule has 5 heterocycles. The minimum absolute atomic E-state index is 0.0430. The molecule has 10 nitrogen and oxygen atoms in total. The maximum absolute atomic E-state index is 13.7. The van der Waals surface area contributed by atoms with Crippen molar-refractivity contribution in [3.05, 3.63) is 70.0 Å². The maximum Gasteiger partial charge on any atom is 0.418 e. The van der Waals surface area contributed by atoms with Crippen molar-refractivity contribution >= 4 is 22.9 Å². The van der Waals surface area contributed by atoms with Crippen LogP contribution in [-0.2, 0) is 19.8 Å². The van der Waals surface area contributed by atoms with Gasteiger partial charge < -0.3 is 15.1 Å². The molecule has 0 saturated carbocycles. The van der Waals surface area contributed by atoms with Crippen molar-refractivity contribution in [1.82, 2.24) is 34.5 Å². The van der Waals surface area contributed by atoms with Crippen LogP contribution in [-0.4, -0.2) is 67.5 Å². The Morgan fingerprint density at radius 1 is 1.05 bits per heavy atom.